The number of nitrogens with zero attached hydrogens (tertiary/aromatic N) is 2. The van der Waals surface area contributed by atoms with Crippen molar-refractivity contribution in [2.75, 3.05) is 43.9 Å². The summed E-state index contributed by atoms with van der Waals surface area (Å²) in [4.78, 5) is 4.97. The molecule has 0 aromatic heterocycles. The molecule has 0 bridgehead atoms. The molecule has 0 spiro atoms. The Kier molecular flexibility index (Phi) is 5.20. The summed E-state index contributed by atoms with van der Waals surface area (Å²) in [5.74, 6) is 1.81. The van der Waals surface area contributed by atoms with Crippen LogP contribution in [0.4, 0.5) is 5.69 Å². The topological polar surface area (TPSA) is 61.9 Å². The van der Waals surface area contributed by atoms with Crippen LogP contribution in [0.1, 0.15) is 36.3 Å². The predicted octanol–water partition coefficient (Wildman–Crippen LogP) is 3.00. The fraction of sp³-hybridized carbons (Fsp3) is 0.538. The van der Waals surface area contributed by atoms with Gasteiger partial charge in [0.1, 0.15) is 12.4 Å². The molecule has 1 saturated carbocycles. The largest absolute Gasteiger partial charge is 0.492 e. The molecular formula is C26H33N3O3S. The molecule has 1 N–H and O–H groups in total. The van der Waals surface area contributed by atoms with Crippen LogP contribution in [0.15, 0.2) is 48.5 Å². The molecule has 3 fully saturated rings. The molecular weight excluding hydrogens is 434 g/mol. The van der Waals surface area contributed by atoms with Crippen LogP contribution in [0.25, 0.3) is 0 Å². The first-order chi connectivity index (χ1) is 15.9. The second-order valence-electron chi connectivity index (χ2n) is 10.4. The van der Waals surface area contributed by atoms with E-state index in [1.807, 2.05) is 0 Å². The van der Waals surface area contributed by atoms with E-state index in [2.05, 4.69) is 63.1 Å². The number of likely N-dealkylation sites (tertiary alicyclic amines) is 1. The maximum atomic E-state index is 11.8. The molecule has 6 rings (SSSR count). The third-order valence-electron chi connectivity index (χ3n) is 8.13. The van der Waals surface area contributed by atoms with Gasteiger partial charge in [-0.25, -0.2) is 13.1 Å². The Morgan fingerprint density at radius 3 is 2.48 bits per heavy atom. The van der Waals surface area contributed by atoms with Gasteiger partial charge in [-0.15, -0.1) is 0 Å². The molecule has 0 amide bonds. The minimum Gasteiger partial charge on any atom is -0.492 e. The van der Waals surface area contributed by atoms with Gasteiger partial charge in [-0.1, -0.05) is 30.3 Å². The van der Waals surface area contributed by atoms with Gasteiger partial charge in [0.2, 0.25) is 10.0 Å². The van der Waals surface area contributed by atoms with Crippen molar-refractivity contribution in [3.05, 3.63) is 59.7 Å². The number of hydrogen-bond acceptors (Lipinski definition) is 5. The van der Waals surface area contributed by atoms with E-state index in [4.69, 9.17) is 4.74 Å². The van der Waals surface area contributed by atoms with E-state index in [0.29, 0.717) is 17.9 Å². The third-order valence-corrected chi connectivity index (χ3v) is 8.91. The summed E-state index contributed by atoms with van der Waals surface area (Å²) in [6.07, 6.45) is 5.47. The van der Waals surface area contributed by atoms with Crippen molar-refractivity contribution in [2.24, 2.45) is 5.92 Å². The van der Waals surface area contributed by atoms with Gasteiger partial charge in [0.25, 0.3) is 0 Å². The number of rotatable bonds is 7. The molecule has 1 aliphatic carbocycles. The van der Waals surface area contributed by atoms with Crippen molar-refractivity contribution in [3.8, 4) is 5.75 Å². The number of benzene rings is 2. The smallest absolute Gasteiger partial charge is 0.209 e. The zero-order valence-corrected chi connectivity index (χ0v) is 20.1. The first-order valence-corrected chi connectivity index (χ1v) is 14.1. The fourth-order valence-electron chi connectivity index (χ4n) is 5.94. The highest BCUT2D eigenvalue weighted by Gasteiger charge is 2.55. The summed E-state index contributed by atoms with van der Waals surface area (Å²) >= 11 is 0. The molecule has 6 nitrogen and oxygen atoms in total. The zero-order chi connectivity index (χ0) is 22.6. The quantitative estimate of drug-likeness (QED) is 0.678. The van der Waals surface area contributed by atoms with Crippen LogP contribution >= 0.6 is 0 Å². The maximum Gasteiger partial charge on any atom is 0.209 e. The monoisotopic (exact) mass is 467 g/mol. The van der Waals surface area contributed by atoms with E-state index in [1.165, 1.54) is 29.5 Å². The Morgan fingerprint density at radius 1 is 1.09 bits per heavy atom. The summed E-state index contributed by atoms with van der Waals surface area (Å²) in [6.45, 7) is 4.90. The van der Waals surface area contributed by atoms with E-state index in [-0.39, 0.29) is 5.54 Å². The normalized spacial score (nSPS) is 26.6. The standard InChI is InChI=1S/C26H33N3O3S/c1-33(30,31)27-26(10-11-26)20-16-29(17-20)21-8-9-25-23(15-21)22(14-19-6-3-2-4-7-19)24(18-32-25)28-12-5-13-28/h2-4,6-9,15,20,22,24,27H,5,10-14,16-18H2,1H3. The molecule has 3 aliphatic heterocycles. The number of sulfonamides is 1. The van der Waals surface area contributed by atoms with Crippen LogP contribution in [0.2, 0.25) is 0 Å². The Hall–Kier alpha value is -2.09. The summed E-state index contributed by atoms with van der Waals surface area (Å²) in [5.41, 5.74) is 3.71. The van der Waals surface area contributed by atoms with Crippen LogP contribution in [-0.2, 0) is 16.4 Å². The Labute approximate surface area is 197 Å². The highest BCUT2D eigenvalue weighted by molar-refractivity contribution is 7.88. The van der Waals surface area contributed by atoms with Crippen molar-refractivity contribution in [3.63, 3.8) is 0 Å². The second-order valence-corrected chi connectivity index (χ2v) is 12.2. The van der Waals surface area contributed by atoms with Gasteiger partial charge >= 0.3 is 0 Å². The summed E-state index contributed by atoms with van der Waals surface area (Å²) < 4.78 is 32.8. The van der Waals surface area contributed by atoms with Crippen molar-refractivity contribution in [2.45, 2.75) is 43.2 Å². The van der Waals surface area contributed by atoms with Gasteiger partial charge in [-0.3, -0.25) is 4.90 Å². The minimum atomic E-state index is -3.17. The summed E-state index contributed by atoms with van der Waals surface area (Å²) in [6, 6.07) is 17.9. The van der Waals surface area contributed by atoms with Crippen LogP contribution in [-0.4, -0.2) is 63.9 Å². The van der Waals surface area contributed by atoms with Crippen molar-refractivity contribution in [1.29, 1.82) is 0 Å². The summed E-state index contributed by atoms with van der Waals surface area (Å²) in [5, 5.41) is 0. The van der Waals surface area contributed by atoms with Crippen LogP contribution in [0.3, 0.4) is 0 Å². The molecule has 4 aliphatic rings. The van der Waals surface area contributed by atoms with Gasteiger partial charge in [0, 0.05) is 41.7 Å². The number of hydrogen-bond donors (Lipinski definition) is 1. The number of anilines is 1. The minimum absolute atomic E-state index is 0.208. The second kappa shape index (κ2) is 8.00. The van der Waals surface area contributed by atoms with Gasteiger partial charge in [-0.05, 0) is 62.5 Å². The maximum absolute atomic E-state index is 11.8. The average Bonchev–Trinajstić information content (AvgIpc) is 3.46. The molecule has 2 unspecified atom stereocenters. The molecule has 33 heavy (non-hydrogen) atoms. The third kappa shape index (κ3) is 4.15. The first kappa shape index (κ1) is 21.4. The van der Waals surface area contributed by atoms with Gasteiger partial charge in [-0.2, -0.15) is 0 Å². The molecule has 3 heterocycles. The molecule has 0 radical (unpaired) electrons. The number of nitrogens with one attached hydrogen (secondary N) is 1. The van der Waals surface area contributed by atoms with Crippen molar-refractivity contribution < 1.29 is 13.2 Å². The zero-order valence-electron chi connectivity index (χ0n) is 19.2. The van der Waals surface area contributed by atoms with E-state index in [1.54, 1.807) is 0 Å². The fourth-order valence-corrected chi connectivity index (χ4v) is 7.04. The SMILES string of the molecule is CS(=O)(=O)NC1(C2CN(c3ccc4c(c3)C(Cc3ccccc3)C(N3CCC3)CO4)C2)CC1. The molecule has 2 aromatic rings. The lowest BCUT2D eigenvalue weighted by atomic mass is 9.81. The lowest BCUT2D eigenvalue weighted by Crippen LogP contribution is -2.58. The predicted molar refractivity (Wildman–Crippen MR) is 130 cm³/mol. The van der Waals surface area contributed by atoms with Gasteiger partial charge in [0.15, 0.2) is 0 Å². The van der Waals surface area contributed by atoms with Crippen LogP contribution in [0.5, 0.6) is 5.75 Å². The van der Waals surface area contributed by atoms with Crippen molar-refractivity contribution in [1.82, 2.24) is 9.62 Å². The molecule has 176 valence electrons. The highest BCUT2D eigenvalue weighted by Crippen LogP contribution is 2.48. The summed E-state index contributed by atoms with van der Waals surface area (Å²) in [7, 11) is -3.17. The number of fused-ring (bicyclic) bond motifs is 1. The number of ether oxygens (including phenoxy) is 1. The van der Waals surface area contributed by atoms with Crippen LogP contribution < -0.4 is 14.4 Å². The van der Waals surface area contributed by atoms with E-state index < -0.39 is 10.0 Å². The first-order valence-electron chi connectivity index (χ1n) is 12.2. The van der Waals surface area contributed by atoms with E-state index >= 15 is 0 Å². The van der Waals surface area contributed by atoms with Crippen LogP contribution in [0, 0.1) is 5.92 Å². The molecule has 7 heteroatoms. The van der Waals surface area contributed by atoms with Gasteiger partial charge < -0.3 is 9.64 Å². The van der Waals surface area contributed by atoms with E-state index in [0.717, 1.165) is 57.8 Å². The van der Waals surface area contributed by atoms with Crippen molar-refractivity contribution >= 4 is 15.7 Å². The molecule has 2 atom stereocenters. The van der Waals surface area contributed by atoms with E-state index in [9.17, 15) is 8.42 Å². The lowest BCUT2D eigenvalue weighted by molar-refractivity contribution is 0.0502. The Balaban J connectivity index is 1.23. The molecule has 2 aromatic carbocycles. The lowest BCUT2D eigenvalue weighted by Gasteiger charge is -2.47. The highest BCUT2D eigenvalue weighted by atomic mass is 32.2. The Bertz CT molecular complexity index is 1120. The average molecular weight is 468 g/mol. The van der Waals surface area contributed by atoms with Gasteiger partial charge in [0.05, 0.1) is 12.3 Å². The molecule has 2 saturated heterocycles. The Morgan fingerprint density at radius 2 is 1.85 bits per heavy atom.